The van der Waals surface area contributed by atoms with E-state index in [1.807, 2.05) is 0 Å². The normalized spacial score (nSPS) is 10.6. The Morgan fingerprint density at radius 1 is 1.53 bits per heavy atom. The topological polar surface area (TPSA) is 44.1 Å². The summed E-state index contributed by atoms with van der Waals surface area (Å²) in [5, 5.41) is 1.34. The Kier molecular flexibility index (Phi) is 2.36. The zero-order valence-corrected chi connectivity index (χ0v) is 9.08. The SMILES string of the molecule is COC(=O)c1cc2cncc(Cl)c2n1C. The van der Waals surface area contributed by atoms with Gasteiger partial charge in [0.1, 0.15) is 5.69 Å². The largest absolute Gasteiger partial charge is 0.464 e. The quantitative estimate of drug-likeness (QED) is 0.696. The second kappa shape index (κ2) is 3.55. The van der Waals surface area contributed by atoms with Crippen molar-refractivity contribution in [3.8, 4) is 0 Å². The third kappa shape index (κ3) is 1.47. The first-order valence-electron chi connectivity index (χ1n) is 4.32. The molecule has 0 aliphatic heterocycles. The lowest BCUT2D eigenvalue weighted by molar-refractivity contribution is 0.0590. The second-order valence-electron chi connectivity index (χ2n) is 3.14. The van der Waals surface area contributed by atoms with Crippen molar-refractivity contribution < 1.29 is 9.53 Å². The molecule has 15 heavy (non-hydrogen) atoms. The number of nitrogens with zero attached hydrogens (tertiary/aromatic N) is 2. The fourth-order valence-electron chi connectivity index (χ4n) is 1.57. The van der Waals surface area contributed by atoms with Crippen LogP contribution in [0.25, 0.3) is 10.9 Å². The van der Waals surface area contributed by atoms with Crippen molar-refractivity contribution in [2.24, 2.45) is 7.05 Å². The maximum atomic E-state index is 11.4. The smallest absolute Gasteiger partial charge is 0.354 e. The number of hydrogen-bond donors (Lipinski definition) is 0. The van der Waals surface area contributed by atoms with Crippen molar-refractivity contribution in [3.63, 3.8) is 0 Å². The molecule has 0 saturated heterocycles. The van der Waals surface area contributed by atoms with Crippen molar-refractivity contribution in [2.45, 2.75) is 0 Å². The molecule has 0 aliphatic carbocycles. The number of pyridine rings is 1. The lowest BCUT2D eigenvalue weighted by Crippen LogP contribution is -2.07. The van der Waals surface area contributed by atoms with Crippen molar-refractivity contribution in [2.75, 3.05) is 7.11 Å². The van der Waals surface area contributed by atoms with Gasteiger partial charge in [-0.3, -0.25) is 4.98 Å². The van der Waals surface area contributed by atoms with Crippen LogP contribution in [0.5, 0.6) is 0 Å². The Bertz CT molecular complexity index is 533. The van der Waals surface area contributed by atoms with Crippen molar-refractivity contribution in [1.82, 2.24) is 9.55 Å². The van der Waals surface area contributed by atoms with Crippen LogP contribution in [0.2, 0.25) is 5.02 Å². The van der Waals surface area contributed by atoms with Gasteiger partial charge < -0.3 is 9.30 Å². The van der Waals surface area contributed by atoms with Gasteiger partial charge in [-0.2, -0.15) is 0 Å². The standard InChI is InChI=1S/C10H9ClN2O2/c1-13-8(10(14)15-2)3-6-4-12-5-7(11)9(6)13/h3-5H,1-2H3. The van der Waals surface area contributed by atoms with E-state index in [4.69, 9.17) is 11.6 Å². The van der Waals surface area contributed by atoms with Crippen molar-refractivity contribution in [3.05, 3.63) is 29.2 Å². The third-order valence-corrected chi connectivity index (χ3v) is 2.56. The number of rotatable bonds is 1. The van der Waals surface area contributed by atoms with Crippen LogP contribution in [0.4, 0.5) is 0 Å². The Hall–Kier alpha value is -1.55. The third-order valence-electron chi connectivity index (χ3n) is 2.28. The number of fused-ring (bicyclic) bond motifs is 1. The molecule has 4 nitrogen and oxygen atoms in total. The predicted octanol–water partition coefficient (Wildman–Crippen LogP) is 2.01. The van der Waals surface area contributed by atoms with Gasteiger partial charge in [-0.05, 0) is 6.07 Å². The van der Waals surface area contributed by atoms with E-state index in [-0.39, 0.29) is 5.97 Å². The predicted molar refractivity (Wildman–Crippen MR) is 57.1 cm³/mol. The first-order valence-corrected chi connectivity index (χ1v) is 4.70. The van der Waals surface area contributed by atoms with Gasteiger partial charge in [-0.1, -0.05) is 11.6 Å². The number of carbonyl (C=O) groups excluding carboxylic acids is 1. The van der Waals surface area contributed by atoms with E-state index in [9.17, 15) is 4.79 Å². The van der Waals surface area contributed by atoms with Gasteiger partial charge in [-0.25, -0.2) is 4.79 Å². The molecule has 2 rings (SSSR count). The van der Waals surface area contributed by atoms with E-state index in [0.29, 0.717) is 10.7 Å². The Balaban J connectivity index is 2.75. The van der Waals surface area contributed by atoms with Crippen LogP contribution in [0.3, 0.4) is 0 Å². The van der Waals surface area contributed by atoms with E-state index in [2.05, 4.69) is 9.72 Å². The summed E-state index contributed by atoms with van der Waals surface area (Å²) in [7, 11) is 3.11. The summed E-state index contributed by atoms with van der Waals surface area (Å²) in [5.41, 5.74) is 1.24. The van der Waals surface area contributed by atoms with Crippen molar-refractivity contribution >= 4 is 28.5 Å². The minimum absolute atomic E-state index is 0.384. The van der Waals surface area contributed by atoms with Gasteiger partial charge >= 0.3 is 5.97 Å². The average molecular weight is 225 g/mol. The van der Waals surface area contributed by atoms with Crippen LogP contribution in [0.1, 0.15) is 10.5 Å². The van der Waals surface area contributed by atoms with E-state index in [0.717, 1.165) is 10.9 Å². The number of carbonyl (C=O) groups is 1. The van der Waals surface area contributed by atoms with Crippen LogP contribution in [0, 0.1) is 0 Å². The van der Waals surface area contributed by atoms with E-state index in [1.165, 1.54) is 7.11 Å². The molecule has 0 amide bonds. The summed E-state index contributed by atoms with van der Waals surface area (Å²) >= 11 is 5.99. The Labute approximate surface area is 91.4 Å². The molecule has 2 aromatic rings. The first kappa shape index (κ1) is 9.98. The molecule has 0 aromatic carbocycles. The maximum Gasteiger partial charge on any atom is 0.354 e. The molecule has 0 spiro atoms. The summed E-state index contributed by atoms with van der Waals surface area (Å²) < 4.78 is 6.36. The number of aryl methyl sites for hydroxylation is 1. The minimum Gasteiger partial charge on any atom is -0.464 e. The van der Waals surface area contributed by atoms with Crippen LogP contribution < -0.4 is 0 Å². The molecule has 0 radical (unpaired) electrons. The van der Waals surface area contributed by atoms with Gasteiger partial charge in [-0.15, -0.1) is 0 Å². The van der Waals surface area contributed by atoms with E-state index >= 15 is 0 Å². The molecule has 78 valence electrons. The maximum absolute atomic E-state index is 11.4. The zero-order chi connectivity index (χ0) is 11.0. The lowest BCUT2D eigenvalue weighted by atomic mass is 10.3. The van der Waals surface area contributed by atoms with Crippen LogP contribution in [-0.2, 0) is 11.8 Å². The van der Waals surface area contributed by atoms with Crippen LogP contribution in [-0.4, -0.2) is 22.6 Å². The number of hydrogen-bond acceptors (Lipinski definition) is 3. The molecule has 2 heterocycles. The lowest BCUT2D eigenvalue weighted by Gasteiger charge is -2.02. The zero-order valence-electron chi connectivity index (χ0n) is 8.32. The summed E-state index contributed by atoms with van der Waals surface area (Å²) in [4.78, 5) is 15.4. The fraction of sp³-hybridized carbons (Fsp3) is 0.200. The highest BCUT2D eigenvalue weighted by molar-refractivity contribution is 6.35. The number of aromatic nitrogens is 2. The number of halogens is 1. The van der Waals surface area contributed by atoms with Gasteiger partial charge in [0, 0.05) is 24.8 Å². The summed E-state index contributed by atoms with van der Waals surface area (Å²) in [5.74, 6) is -0.384. The first-order chi connectivity index (χ1) is 7.15. The summed E-state index contributed by atoms with van der Waals surface area (Å²) in [6.45, 7) is 0. The monoisotopic (exact) mass is 224 g/mol. The molecule has 0 saturated carbocycles. The van der Waals surface area contributed by atoms with E-state index < -0.39 is 0 Å². The second-order valence-corrected chi connectivity index (χ2v) is 3.55. The minimum atomic E-state index is -0.384. The Morgan fingerprint density at radius 2 is 2.27 bits per heavy atom. The van der Waals surface area contributed by atoms with Gasteiger partial charge in [0.2, 0.25) is 0 Å². The molecular formula is C10H9ClN2O2. The molecular weight excluding hydrogens is 216 g/mol. The highest BCUT2D eigenvalue weighted by Crippen LogP contribution is 2.25. The molecule has 0 aliphatic rings. The molecule has 0 unspecified atom stereocenters. The van der Waals surface area contributed by atoms with Crippen LogP contribution in [0.15, 0.2) is 18.5 Å². The molecule has 0 bridgehead atoms. The number of esters is 1. The molecule has 0 fully saturated rings. The molecule has 0 N–H and O–H groups in total. The average Bonchev–Trinajstić information content (AvgIpc) is 2.56. The van der Waals surface area contributed by atoms with Crippen molar-refractivity contribution in [1.29, 1.82) is 0 Å². The highest BCUT2D eigenvalue weighted by atomic mass is 35.5. The van der Waals surface area contributed by atoms with E-state index in [1.54, 1.807) is 30.1 Å². The van der Waals surface area contributed by atoms with Gasteiger partial charge in [0.05, 0.1) is 17.6 Å². The number of ether oxygens (including phenoxy) is 1. The molecule has 5 heteroatoms. The highest BCUT2D eigenvalue weighted by Gasteiger charge is 2.15. The van der Waals surface area contributed by atoms with Gasteiger partial charge in [0.15, 0.2) is 0 Å². The molecule has 0 atom stereocenters. The summed E-state index contributed by atoms with van der Waals surface area (Å²) in [6, 6.07) is 1.71. The van der Waals surface area contributed by atoms with Crippen LogP contribution >= 0.6 is 11.6 Å². The fourth-order valence-corrected chi connectivity index (χ4v) is 1.86. The summed E-state index contributed by atoms with van der Waals surface area (Å²) in [6.07, 6.45) is 3.21. The number of methoxy groups -OCH3 is 1. The Morgan fingerprint density at radius 3 is 2.87 bits per heavy atom. The van der Waals surface area contributed by atoms with Gasteiger partial charge in [0.25, 0.3) is 0 Å². The molecule has 2 aromatic heterocycles.